The Kier molecular flexibility index (Phi) is 8.57. The molecule has 2 atom stereocenters. The van der Waals surface area contributed by atoms with E-state index in [1.165, 1.54) is 0 Å². The summed E-state index contributed by atoms with van der Waals surface area (Å²) in [7, 11) is 3.19. The fourth-order valence-electron chi connectivity index (χ4n) is 6.36. The molecule has 0 amide bonds. The zero-order valence-corrected chi connectivity index (χ0v) is 24.2. The monoisotopic (exact) mass is 561 g/mol. The topological polar surface area (TPSA) is 103 Å². The average molecular weight is 562 g/mol. The Hall–Kier alpha value is -3.94. The molecule has 1 saturated carbocycles. The minimum atomic E-state index is -0.638. The molecule has 8 nitrogen and oxygen atoms in total. The molecular formula is C33H39NO7. The Labute approximate surface area is 241 Å². The van der Waals surface area contributed by atoms with E-state index in [1.54, 1.807) is 32.4 Å². The van der Waals surface area contributed by atoms with E-state index in [9.17, 15) is 14.7 Å². The highest BCUT2D eigenvalue weighted by molar-refractivity contribution is 6.04. The number of esters is 1. The second kappa shape index (κ2) is 12.3. The van der Waals surface area contributed by atoms with Gasteiger partial charge in [0, 0.05) is 29.3 Å². The Balaban J connectivity index is 1.55. The zero-order valence-electron chi connectivity index (χ0n) is 24.2. The van der Waals surface area contributed by atoms with Crippen LogP contribution in [0.2, 0.25) is 0 Å². The van der Waals surface area contributed by atoms with Crippen LogP contribution in [0.4, 0.5) is 0 Å². The van der Waals surface area contributed by atoms with Crippen LogP contribution in [-0.4, -0.2) is 43.8 Å². The van der Waals surface area contributed by atoms with E-state index in [2.05, 4.69) is 5.32 Å². The summed E-state index contributed by atoms with van der Waals surface area (Å²) in [5.41, 5.74) is 4.14. The van der Waals surface area contributed by atoms with E-state index in [0.717, 1.165) is 43.4 Å². The van der Waals surface area contributed by atoms with Gasteiger partial charge in [0.15, 0.2) is 28.8 Å². The summed E-state index contributed by atoms with van der Waals surface area (Å²) in [6.45, 7) is 4.07. The number of allylic oxidation sites excluding steroid dienone is 3. The first-order valence-electron chi connectivity index (χ1n) is 14.5. The number of nitrogens with one attached hydrogen (secondary N) is 1. The molecule has 1 aliphatic heterocycles. The van der Waals surface area contributed by atoms with Crippen molar-refractivity contribution in [2.45, 2.75) is 76.7 Å². The summed E-state index contributed by atoms with van der Waals surface area (Å²) >= 11 is 0. The predicted molar refractivity (Wildman–Crippen MR) is 154 cm³/mol. The van der Waals surface area contributed by atoms with E-state index in [0.29, 0.717) is 52.7 Å². The third-order valence-electron chi connectivity index (χ3n) is 8.37. The Morgan fingerprint density at radius 1 is 0.951 bits per heavy atom. The molecule has 218 valence electrons. The lowest BCUT2D eigenvalue weighted by Crippen LogP contribution is -2.37. The highest BCUT2D eigenvalue weighted by atomic mass is 16.5. The average Bonchev–Trinajstić information content (AvgIpc) is 2.97. The molecule has 2 aliphatic carbocycles. The fourth-order valence-corrected chi connectivity index (χ4v) is 6.36. The van der Waals surface area contributed by atoms with Crippen LogP contribution >= 0.6 is 0 Å². The van der Waals surface area contributed by atoms with Crippen molar-refractivity contribution in [2.24, 2.45) is 0 Å². The van der Waals surface area contributed by atoms with E-state index < -0.39 is 11.9 Å². The van der Waals surface area contributed by atoms with Gasteiger partial charge in [0.25, 0.3) is 0 Å². The molecule has 2 aromatic carbocycles. The van der Waals surface area contributed by atoms with Crippen molar-refractivity contribution >= 4 is 11.8 Å². The van der Waals surface area contributed by atoms with Crippen LogP contribution < -0.4 is 19.5 Å². The number of methoxy groups -OCH3 is 2. The molecule has 8 heteroatoms. The number of phenolic OH excluding ortho intramolecular Hbond substituents is 1. The lowest BCUT2D eigenvalue weighted by molar-refractivity contribution is -0.146. The summed E-state index contributed by atoms with van der Waals surface area (Å²) < 4.78 is 22.6. The van der Waals surface area contributed by atoms with Crippen molar-refractivity contribution in [1.29, 1.82) is 0 Å². The largest absolute Gasteiger partial charge is 0.504 e. The predicted octanol–water partition coefficient (Wildman–Crippen LogP) is 6.05. The normalized spacial score (nSPS) is 21.2. The van der Waals surface area contributed by atoms with Crippen molar-refractivity contribution in [3.05, 3.63) is 70.1 Å². The lowest BCUT2D eigenvalue weighted by atomic mass is 9.71. The first kappa shape index (κ1) is 28.6. The van der Waals surface area contributed by atoms with Gasteiger partial charge in [-0.3, -0.25) is 4.79 Å². The highest BCUT2D eigenvalue weighted by Crippen LogP contribution is 2.47. The molecule has 0 radical (unpaired) electrons. The summed E-state index contributed by atoms with van der Waals surface area (Å²) in [6, 6.07) is 10.8. The molecule has 0 aromatic heterocycles. The zero-order chi connectivity index (χ0) is 29.1. The number of carbonyl (C=O) groups is 2. The maximum absolute atomic E-state index is 14.0. The third kappa shape index (κ3) is 5.78. The minimum Gasteiger partial charge on any atom is -0.504 e. The number of ketones is 1. The number of Topliss-reactive ketones (excluding diaryl/α,β-unsaturated/α-hetero) is 1. The van der Waals surface area contributed by atoms with Gasteiger partial charge in [-0.2, -0.15) is 0 Å². The molecule has 2 N–H and O–H groups in total. The number of phenols is 1. The number of hydrogen-bond donors (Lipinski definition) is 2. The Morgan fingerprint density at radius 2 is 1.66 bits per heavy atom. The van der Waals surface area contributed by atoms with Gasteiger partial charge in [-0.05, 0) is 87.3 Å². The highest BCUT2D eigenvalue weighted by Gasteiger charge is 2.42. The molecule has 0 unspecified atom stereocenters. The number of ether oxygens (including phenoxy) is 4. The van der Waals surface area contributed by atoms with Gasteiger partial charge in [-0.1, -0.05) is 18.6 Å². The summed E-state index contributed by atoms with van der Waals surface area (Å²) in [4.78, 5) is 27.8. The number of hydrogen-bond acceptors (Lipinski definition) is 8. The smallest absolute Gasteiger partial charge is 0.337 e. The molecule has 0 saturated heterocycles. The van der Waals surface area contributed by atoms with E-state index in [1.807, 2.05) is 32.0 Å². The summed E-state index contributed by atoms with van der Waals surface area (Å²) in [5, 5.41) is 13.8. The van der Waals surface area contributed by atoms with E-state index >= 15 is 0 Å². The number of aromatic hydroxyl groups is 1. The van der Waals surface area contributed by atoms with E-state index in [-0.39, 0.29) is 30.0 Å². The van der Waals surface area contributed by atoms with E-state index in [4.69, 9.17) is 18.9 Å². The molecule has 0 spiro atoms. The summed E-state index contributed by atoms with van der Waals surface area (Å²) in [5.74, 6) is 0.417. The Bertz CT molecular complexity index is 1390. The number of dihydropyridines is 1. The first-order chi connectivity index (χ1) is 19.8. The van der Waals surface area contributed by atoms with Crippen LogP contribution in [0.15, 0.2) is 58.9 Å². The van der Waals surface area contributed by atoms with Crippen LogP contribution in [0.3, 0.4) is 0 Å². The standard InChI is InChI=1S/C33H39NO7/c1-5-40-28-18-21(11-13-25(28)35)31-30(33(37)41-23-9-7-6-8-10-23)19(2)34-24-15-22(16-26(36)32(24)31)20-12-14-27(38-3)29(17-20)39-4/h11-14,17-18,22-23,31,34-35H,5-10,15-16H2,1-4H3/t22-,31-/m0/s1. The molecule has 2 aromatic rings. The molecule has 5 rings (SSSR count). The van der Waals surface area contributed by atoms with Crippen LogP contribution in [0.25, 0.3) is 0 Å². The Morgan fingerprint density at radius 3 is 2.37 bits per heavy atom. The third-order valence-corrected chi connectivity index (χ3v) is 8.37. The van der Waals surface area contributed by atoms with Gasteiger partial charge < -0.3 is 29.4 Å². The molecule has 41 heavy (non-hydrogen) atoms. The van der Waals surface area contributed by atoms with Crippen molar-refractivity contribution in [3.63, 3.8) is 0 Å². The van der Waals surface area contributed by atoms with Gasteiger partial charge in [-0.15, -0.1) is 0 Å². The maximum atomic E-state index is 14.0. The number of carbonyl (C=O) groups excluding carboxylic acids is 2. The van der Waals surface area contributed by atoms with Crippen molar-refractivity contribution in [2.75, 3.05) is 20.8 Å². The van der Waals surface area contributed by atoms with Gasteiger partial charge in [-0.25, -0.2) is 4.79 Å². The molecule has 1 heterocycles. The second-order valence-corrected chi connectivity index (χ2v) is 11.0. The second-order valence-electron chi connectivity index (χ2n) is 11.0. The SMILES string of the molecule is CCOc1cc([C@H]2C(C(=O)OC3CCCCC3)=C(C)NC3=C2C(=O)C[C@@H](c2ccc(OC)c(OC)c2)C3)ccc1O. The van der Waals surface area contributed by atoms with Gasteiger partial charge in [0.2, 0.25) is 0 Å². The fraction of sp³-hybridized carbons (Fsp3) is 0.455. The molecule has 0 bridgehead atoms. The number of benzene rings is 2. The van der Waals surface area contributed by atoms with Crippen LogP contribution in [0.1, 0.15) is 81.8 Å². The minimum absolute atomic E-state index is 0.00857. The van der Waals surface area contributed by atoms with Crippen LogP contribution in [0.5, 0.6) is 23.0 Å². The van der Waals surface area contributed by atoms with Crippen molar-refractivity contribution < 1.29 is 33.6 Å². The van der Waals surface area contributed by atoms with Crippen LogP contribution in [-0.2, 0) is 14.3 Å². The van der Waals surface area contributed by atoms with Gasteiger partial charge in [0.1, 0.15) is 6.10 Å². The quantitative estimate of drug-likeness (QED) is 0.376. The number of rotatable bonds is 8. The lowest BCUT2D eigenvalue weighted by Gasteiger charge is -2.37. The molecule has 3 aliphatic rings. The van der Waals surface area contributed by atoms with Crippen LogP contribution in [0, 0.1) is 0 Å². The maximum Gasteiger partial charge on any atom is 0.337 e. The molecular weight excluding hydrogens is 522 g/mol. The van der Waals surface area contributed by atoms with Crippen molar-refractivity contribution in [3.8, 4) is 23.0 Å². The first-order valence-corrected chi connectivity index (χ1v) is 14.5. The van der Waals surface area contributed by atoms with Gasteiger partial charge >= 0.3 is 5.97 Å². The van der Waals surface area contributed by atoms with Gasteiger partial charge in [0.05, 0.1) is 26.4 Å². The summed E-state index contributed by atoms with van der Waals surface area (Å²) in [6.07, 6.45) is 5.69. The molecule has 1 fully saturated rings. The van der Waals surface area contributed by atoms with Crippen molar-refractivity contribution in [1.82, 2.24) is 5.32 Å².